The number of hydrogen-bond donors (Lipinski definition) is 3. The maximum Gasteiger partial charge on any atom is 0.327 e. The largest absolute Gasteiger partial charge is 0.508 e. The average Bonchev–Trinajstić information content (AvgIpc) is 3.12. The molecule has 0 spiro atoms. The summed E-state index contributed by atoms with van der Waals surface area (Å²) in [6, 6.07) is 11.7. The predicted octanol–water partition coefficient (Wildman–Crippen LogP) is 3.33. The van der Waals surface area contributed by atoms with Gasteiger partial charge in [-0.2, -0.15) is 10.1 Å². The molecule has 9 nitrogen and oxygen atoms in total. The highest BCUT2D eigenvalue weighted by Gasteiger charge is 2.11. The number of phenols is 1. The van der Waals surface area contributed by atoms with E-state index in [1.165, 1.54) is 23.9 Å². The Labute approximate surface area is 170 Å². The lowest BCUT2D eigenvalue weighted by molar-refractivity contribution is -0.141. The van der Waals surface area contributed by atoms with E-state index in [2.05, 4.69) is 30.4 Å². The van der Waals surface area contributed by atoms with Gasteiger partial charge in [0, 0.05) is 22.8 Å². The zero-order valence-electron chi connectivity index (χ0n) is 15.8. The van der Waals surface area contributed by atoms with E-state index < -0.39 is 11.8 Å². The van der Waals surface area contributed by atoms with Crippen LogP contribution in [0, 0.1) is 5.82 Å². The third-order valence-corrected chi connectivity index (χ3v) is 4.26. The molecule has 0 amide bonds. The van der Waals surface area contributed by atoms with E-state index in [9.17, 15) is 14.3 Å². The fourth-order valence-corrected chi connectivity index (χ4v) is 2.83. The first-order chi connectivity index (χ1) is 14.5. The number of aromatic nitrogens is 4. The molecule has 0 bridgehead atoms. The number of carbonyl (C=O) groups excluding carboxylic acids is 1. The first kappa shape index (κ1) is 19.1. The summed E-state index contributed by atoms with van der Waals surface area (Å²) in [5, 5.41) is 20.4. The third-order valence-electron chi connectivity index (χ3n) is 4.26. The molecule has 4 aromatic rings. The fraction of sp³-hybridized carbons (Fsp3) is 0.100. The van der Waals surface area contributed by atoms with Gasteiger partial charge in [0.1, 0.15) is 12.3 Å². The van der Waals surface area contributed by atoms with Crippen LogP contribution in [0.5, 0.6) is 5.75 Å². The summed E-state index contributed by atoms with van der Waals surface area (Å²) >= 11 is 0. The lowest BCUT2D eigenvalue weighted by Crippen LogP contribution is -2.12. The zero-order valence-corrected chi connectivity index (χ0v) is 15.8. The van der Waals surface area contributed by atoms with Gasteiger partial charge in [-0.05, 0) is 30.3 Å². The monoisotopic (exact) mass is 408 g/mol. The number of nitrogens with one attached hydrogen (secondary N) is 2. The van der Waals surface area contributed by atoms with Gasteiger partial charge >= 0.3 is 5.97 Å². The number of anilines is 4. The van der Waals surface area contributed by atoms with Gasteiger partial charge in [0.2, 0.25) is 5.95 Å². The molecule has 0 saturated carbocycles. The molecule has 2 heterocycles. The Hall–Kier alpha value is -4.21. The number of nitrogens with zero attached hydrogens (tertiary/aromatic N) is 4. The molecule has 3 N–H and O–H groups in total. The molecule has 0 atom stereocenters. The molecule has 0 radical (unpaired) electrons. The summed E-state index contributed by atoms with van der Waals surface area (Å²) in [5.41, 5.74) is 1.79. The van der Waals surface area contributed by atoms with Gasteiger partial charge in [-0.15, -0.1) is 0 Å². The van der Waals surface area contributed by atoms with E-state index in [4.69, 9.17) is 0 Å². The summed E-state index contributed by atoms with van der Waals surface area (Å²) in [6.45, 7) is -0.0384. The SMILES string of the molecule is COC(=O)Cn1ncc2ccc(Nc3nc(Nc4cccc(O)c4)ncc3F)cc21. The number of aromatic hydroxyl groups is 1. The van der Waals surface area contributed by atoms with Gasteiger partial charge < -0.3 is 20.5 Å². The summed E-state index contributed by atoms with van der Waals surface area (Å²) < 4.78 is 20.5. The van der Waals surface area contributed by atoms with Crippen LogP contribution >= 0.6 is 0 Å². The van der Waals surface area contributed by atoms with Gasteiger partial charge in [0.05, 0.1) is 25.0 Å². The Morgan fingerprint density at radius 3 is 2.80 bits per heavy atom. The minimum atomic E-state index is -0.639. The van der Waals surface area contributed by atoms with Crippen LogP contribution in [0.25, 0.3) is 10.9 Å². The Morgan fingerprint density at radius 1 is 1.17 bits per heavy atom. The van der Waals surface area contributed by atoms with Crippen molar-refractivity contribution in [2.24, 2.45) is 0 Å². The van der Waals surface area contributed by atoms with Crippen LogP contribution in [0.3, 0.4) is 0 Å². The second-order valence-electron chi connectivity index (χ2n) is 6.34. The lowest BCUT2D eigenvalue weighted by atomic mass is 10.2. The van der Waals surface area contributed by atoms with Crippen molar-refractivity contribution in [2.45, 2.75) is 6.54 Å². The van der Waals surface area contributed by atoms with Crippen LogP contribution in [0.15, 0.2) is 54.9 Å². The number of benzene rings is 2. The van der Waals surface area contributed by atoms with Gasteiger partial charge in [-0.1, -0.05) is 6.07 Å². The van der Waals surface area contributed by atoms with Crippen molar-refractivity contribution in [3.63, 3.8) is 0 Å². The van der Waals surface area contributed by atoms with E-state index in [1.54, 1.807) is 36.5 Å². The molecule has 10 heteroatoms. The topological polar surface area (TPSA) is 114 Å². The highest BCUT2D eigenvalue weighted by Crippen LogP contribution is 2.25. The minimum absolute atomic E-state index is 0.0361. The van der Waals surface area contributed by atoms with E-state index in [0.717, 1.165) is 11.6 Å². The lowest BCUT2D eigenvalue weighted by Gasteiger charge is -2.10. The van der Waals surface area contributed by atoms with Gasteiger partial charge in [0.25, 0.3) is 0 Å². The summed E-state index contributed by atoms with van der Waals surface area (Å²) in [7, 11) is 1.31. The van der Waals surface area contributed by atoms with Crippen LogP contribution < -0.4 is 10.6 Å². The van der Waals surface area contributed by atoms with Crippen LogP contribution in [-0.2, 0) is 16.1 Å². The smallest absolute Gasteiger partial charge is 0.327 e. The molecule has 0 saturated heterocycles. The van der Waals surface area contributed by atoms with Crippen LogP contribution in [0.4, 0.5) is 27.5 Å². The van der Waals surface area contributed by atoms with E-state index >= 15 is 0 Å². The number of phenolic OH excluding ortho intramolecular Hbond substituents is 1. The van der Waals surface area contributed by atoms with Crippen molar-refractivity contribution in [1.29, 1.82) is 0 Å². The standard InChI is InChI=1S/C20H17FN6O3/c1-30-18(29)11-27-17-8-14(6-5-12(17)9-23-27)24-19-16(21)10-22-20(26-19)25-13-3-2-4-15(28)7-13/h2-10,28H,11H2,1H3,(H2,22,24,25,26). The number of fused-ring (bicyclic) bond motifs is 1. The first-order valence-electron chi connectivity index (χ1n) is 8.90. The minimum Gasteiger partial charge on any atom is -0.508 e. The highest BCUT2D eigenvalue weighted by atomic mass is 19.1. The van der Waals surface area contributed by atoms with Crippen LogP contribution in [0.1, 0.15) is 0 Å². The van der Waals surface area contributed by atoms with E-state index in [1.807, 2.05) is 0 Å². The second kappa shape index (κ2) is 8.03. The number of rotatable bonds is 6. The van der Waals surface area contributed by atoms with Crippen molar-refractivity contribution in [3.8, 4) is 5.75 Å². The van der Waals surface area contributed by atoms with E-state index in [-0.39, 0.29) is 24.1 Å². The highest BCUT2D eigenvalue weighted by molar-refractivity contribution is 5.84. The molecule has 2 aromatic heterocycles. The Bertz CT molecular complexity index is 1230. The predicted molar refractivity (Wildman–Crippen MR) is 108 cm³/mol. The summed E-state index contributed by atoms with van der Waals surface area (Å²) in [6.07, 6.45) is 2.67. The summed E-state index contributed by atoms with van der Waals surface area (Å²) in [5.74, 6) is -0.868. The molecular weight excluding hydrogens is 391 g/mol. The molecule has 0 unspecified atom stereocenters. The Kier molecular flexibility index (Phi) is 5.12. The molecule has 30 heavy (non-hydrogen) atoms. The number of ether oxygens (including phenoxy) is 1. The number of esters is 1. The number of carbonyl (C=O) groups is 1. The number of hydrogen-bond acceptors (Lipinski definition) is 8. The number of halogens is 1. The van der Waals surface area contributed by atoms with Crippen molar-refractivity contribution in [2.75, 3.05) is 17.7 Å². The number of methoxy groups -OCH3 is 1. The quantitative estimate of drug-likeness (QED) is 0.416. The van der Waals surface area contributed by atoms with Crippen LogP contribution in [0.2, 0.25) is 0 Å². The molecule has 0 aliphatic heterocycles. The maximum atomic E-state index is 14.3. The van der Waals surface area contributed by atoms with Crippen molar-refractivity contribution in [1.82, 2.24) is 19.7 Å². The van der Waals surface area contributed by atoms with Gasteiger partial charge in [-0.3, -0.25) is 9.48 Å². The van der Waals surface area contributed by atoms with Crippen molar-refractivity contribution < 1.29 is 19.0 Å². The summed E-state index contributed by atoms with van der Waals surface area (Å²) in [4.78, 5) is 19.6. The Balaban J connectivity index is 1.59. The molecule has 0 aliphatic rings. The molecule has 0 fully saturated rings. The average molecular weight is 408 g/mol. The first-order valence-corrected chi connectivity index (χ1v) is 8.90. The molecule has 0 aliphatic carbocycles. The van der Waals surface area contributed by atoms with Crippen LogP contribution in [-0.4, -0.2) is 37.9 Å². The molecular formula is C20H17FN6O3. The van der Waals surface area contributed by atoms with Crippen molar-refractivity contribution in [3.05, 3.63) is 60.7 Å². The van der Waals surface area contributed by atoms with Gasteiger partial charge in [-0.25, -0.2) is 9.37 Å². The van der Waals surface area contributed by atoms with E-state index in [0.29, 0.717) is 16.9 Å². The maximum absolute atomic E-state index is 14.3. The fourth-order valence-electron chi connectivity index (χ4n) is 2.83. The molecule has 4 rings (SSSR count). The Morgan fingerprint density at radius 2 is 2.00 bits per heavy atom. The molecule has 152 valence electrons. The third kappa shape index (κ3) is 4.12. The second-order valence-corrected chi connectivity index (χ2v) is 6.34. The normalized spacial score (nSPS) is 10.7. The zero-order chi connectivity index (χ0) is 21.1. The van der Waals surface area contributed by atoms with Gasteiger partial charge in [0.15, 0.2) is 11.6 Å². The van der Waals surface area contributed by atoms with Crippen molar-refractivity contribution >= 4 is 40.0 Å². The molecule has 2 aromatic carbocycles.